The van der Waals surface area contributed by atoms with Crippen LogP contribution in [0.4, 0.5) is 5.82 Å². The average molecular weight is 285 g/mol. The molecule has 1 aromatic heterocycles. The molecule has 0 radical (unpaired) electrons. The lowest BCUT2D eigenvalue weighted by molar-refractivity contribution is 0.205. The van der Waals surface area contributed by atoms with Gasteiger partial charge in [-0.25, -0.2) is 4.98 Å². The number of methoxy groups -OCH3 is 2. The molecule has 0 N–H and O–H groups in total. The molecule has 0 amide bonds. The highest BCUT2D eigenvalue weighted by atomic mass is 16.5. The third-order valence-corrected chi connectivity index (χ3v) is 3.32. The molecule has 5 heteroatoms. The highest BCUT2D eigenvalue weighted by molar-refractivity contribution is 5.96. The Kier molecular flexibility index (Phi) is 5.35. The van der Waals surface area contributed by atoms with Crippen molar-refractivity contribution < 1.29 is 9.47 Å². The fourth-order valence-electron chi connectivity index (χ4n) is 2.30. The number of aromatic nitrogens is 1. The van der Waals surface area contributed by atoms with Crippen LogP contribution in [-0.2, 0) is 4.74 Å². The van der Waals surface area contributed by atoms with Crippen molar-refractivity contribution in [1.29, 1.82) is 5.26 Å². The molecule has 0 atom stereocenters. The molecule has 0 fully saturated rings. The van der Waals surface area contributed by atoms with E-state index in [9.17, 15) is 0 Å². The van der Waals surface area contributed by atoms with Gasteiger partial charge in [0.15, 0.2) is 0 Å². The number of benzene rings is 1. The van der Waals surface area contributed by atoms with Crippen molar-refractivity contribution in [3.05, 3.63) is 30.5 Å². The van der Waals surface area contributed by atoms with Gasteiger partial charge in [-0.2, -0.15) is 5.26 Å². The SMILES string of the molecule is COCCN(CCC#N)c1nccc2c(OC)cccc12. The van der Waals surface area contributed by atoms with Crippen molar-refractivity contribution >= 4 is 16.6 Å². The average Bonchev–Trinajstić information content (AvgIpc) is 2.54. The van der Waals surface area contributed by atoms with Gasteiger partial charge in [0.2, 0.25) is 0 Å². The molecule has 110 valence electrons. The second-order valence-electron chi connectivity index (χ2n) is 4.58. The summed E-state index contributed by atoms with van der Waals surface area (Å²) in [5.74, 6) is 1.68. The Morgan fingerprint density at radius 2 is 2.05 bits per heavy atom. The lowest BCUT2D eigenvalue weighted by Crippen LogP contribution is -2.29. The Hall–Kier alpha value is -2.32. The number of pyridine rings is 1. The van der Waals surface area contributed by atoms with Gasteiger partial charge >= 0.3 is 0 Å². The number of ether oxygens (including phenoxy) is 2. The number of rotatable bonds is 7. The van der Waals surface area contributed by atoms with Gasteiger partial charge in [-0.3, -0.25) is 0 Å². The molecule has 0 saturated heterocycles. The lowest BCUT2D eigenvalue weighted by atomic mass is 10.1. The summed E-state index contributed by atoms with van der Waals surface area (Å²) >= 11 is 0. The summed E-state index contributed by atoms with van der Waals surface area (Å²) in [7, 11) is 3.33. The molecule has 1 aromatic carbocycles. The van der Waals surface area contributed by atoms with Crippen LogP contribution in [0.3, 0.4) is 0 Å². The van der Waals surface area contributed by atoms with E-state index in [1.54, 1.807) is 20.4 Å². The van der Waals surface area contributed by atoms with Gasteiger partial charge in [0, 0.05) is 37.2 Å². The summed E-state index contributed by atoms with van der Waals surface area (Å²) in [4.78, 5) is 6.57. The first-order valence-electron chi connectivity index (χ1n) is 6.84. The zero-order chi connectivity index (χ0) is 15.1. The Balaban J connectivity index is 2.44. The highest BCUT2D eigenvalue weighted by Gasteiger charge is 2.13. The number of nitriles is 1. The zero-order valence-corrected chi connectivity index (χ0v) is 12.4. The summed E-state index contributed by atoms with van der Waals surface area (Å²) in [5.41, 5.74) is 0. The van der Waals surface area contributed by atoms with E-state index in [1.165, 1.54) is 0 Å². The molecular formula is C16H19N3O2. The molecule has 2 aromatic rings. The maximum atomic E-state index is 8.83. The van der Waals surface area contributed by atoms with Crippen LogP contribution >= 0.6 is 0 Å². The van der Waals surface area contributed by atoms with Crippen molar-refractivity contribution in [3.8, 4) is 11.8 Å². The normalized spacial score (nSPS) is 10.3. The number of hydrogen-bond donors (Lipinski definition) is 0. The third kappa shape index (κ3) is 3.41. The number of anilines is 1. The maximum Gasteiger partial charge on any atom is 0.136 e. The van der Waals surface area contributed by atoms with Crippen LogP contribution in [0.2, 0.25) is 0 Å². The Bertz CT molecular complexity index is 637. The first-order chi connectivity index (χ1) is 10.3. The predicted octanol–water partition coefficient (Wildman–Crippen LogP) is 2.61. The monoisotopic (exact) mass is 285 g/mol. The summed E-state index contributed by atoms with van der Waals surface area (Å²) in [6.07, 6.45) is 2.22. The van der Waals surface area contributed by atoms with Crippen LogP contribution in [0.15, 0.2) is 30.5 Å². The van der Waals surface area contributed by atoms with Crippen LogP contribution in [0.5, 0.6) is 5.75 Å². The fourth-order valence-corrected chi connectivity index (χ4v) is 2.30. The Labute approximate surface area is 124 Å². The molecule has 0 saturated carbocycles. The molecule has 0 aliphatic heterocycles. The summed E-state index contributed by atoms with van der Waals surface area (Å²) < 4.78 is 10.6. The molecule has 0 aliphatic rings. The Morgan fingerprint density at radius 1 is 1.19 bits per heavy atom. The maximum absolute atomic E-state index is 8.83. The fraction of sp³-hybridized carbons (Fsp3) is 0.375. The van der Waals surface area contributed by atoms with Crippen molar-refractivity contribution in [2.45, 2.75) is 6.42 Å². The molecule has 21 heavy (non-hydrogen) atoms. The minimum atomic E-state index is 0.450. The molecule has 0 spiro atoms. The molecule has 0 bridgehead atoms. The quantitative estimate of drug-likeness (QED) is 0.782. The first kappa shape index (κ1) is 15.1. The molecule has 0 unspecified atom stereocenters. The minimum Gasteiger partial charge on any atom is -0.496 e. The molecule has 1 heterocycles. The van der Waals surface area contributed by atoms with E-state index in [2.05, 4.69) is 16.0 Å². The van der Waals surface area contributed by atoms with E-state index in [-0.39, 0.29) is 0 Å². The molecule has 5 nitrogen and oxygen atoms in total. The predicted molar refractivity (Wildman–Crippen MR) is 82.6 cm³/mol. The van der Waals surface area contributed by atoms with Gasteiger partial charge in [0.1, 0.15) is 11.6 Å². The summed E-state index contributed by atoms with van der Waals surface area (Å²) in [5, 5.41) is 10.9. The second-order valence-corrected chi connectivity index (χ2v) is 4.58. The van der Waals surface area contributed by atoms with Gasteiger partial charge in [-0.1, -0.05) is 12.1 Å². The van der Waals surface area contributed by atoms with Gasteiger partial charge in [0.25, 0.3) is 0 Å². The lowest BCUT2D eigenvalue weighted by Gasteiger charge is -2.24. The van der Waals surface area contributed by atoms with Crippen LogP contribution in [0.1, 0.15) is 6.42 Å². The largest absolute Gasteiger partial charge is 0.496 e. The standard InChI is InChI=1S/C16H19N3O2/c1-20-12-11-19(10-4-8-17)16-14-5-3-6-15(21-2)13(14)7-9-18-16/h3,5-7,9H,4,10-12H2,1-2H3. The number of fused-ring (bicyclic) bond motifs is 1. The van der Waals surface area contributed by atoms with E-state index in [1.807, 2.05) is 24.3 Å². The number of nitrogens with zero attached hydrogens (tertiary/aromatic N) is 3. The van der Waals surface area contributed by atoms with Gasteiger partial charge in [-0.05, 0) is 12.1 Å². The van der Waals surface area contributed by atoms with Crippen LogP contribution < -0.4 is 9.64 Å². The summed E-state index contributed by atoms with van der Waals surface area (Å²) in [6.45, 7) is 1.91. The molecule has 2 rings (SSSR count). The van der Waals surface area contributed by atoms with Crippen LogP contribution in [-0.4, -0.2) is 38.9 Å². The molecule has 0 aliphatic carbocycles. The van der Waals surface area contributed by atoms with Crippen LogP contribution in [0.25, 0.3) is 10.8 Å². The zero-order valence-electron chi connectivity index (χ0n) is 12.4. The van der Waals surface area contributed by atoms with E-state index >= 15 is 0 Å². The first-order valence-corrected chi connectivity index (χ1v) is 6.84. The summed E-state index contributed by atoms with van der Waals surface area (Å²) in [6, 6.07) is 10.0. The van der Waals surface area contributed by atoms with Gasteiger partial charge < -0.3 is 14.4 Å². The second kappa shape index (κ2) is 7.46. The van der Waals surface area contributed by atoms with E-state index in [0.29, 0.717) is 26.1 Å². The van der Waals surface area contributed by atoms with Crippen LogP contribution in [0, 0.1) is 11.3 Å². The van der Waals surface area contributed by atoms with Crippen molar-refractivity contribution in [3.63, 3.8) is 0 Å². The van der Waals surface area contributed by atoms with E-state index in [0.717, 1.165) is 22.3 Å². The minimum absolute atomic E-state index is 0.450. The number of hydrogen-bond acceptors (Lipinski definition) is 5. The Morgan fingerprint density at radius 3 is 2.76 bits per heavy atom. The highest BCUT2D eigenvalue weighted by Crippen LogP contribution is 2.30. The van der Waals surface area contributed by atoms with Gasteiger partial charge in [0.05, 0.1) is 26.2 Å². The molecular weight excluding hydrogens is 266 g/mol. The van der Waals surface area contributed by atoms with Crippen molar-refractivity contribution in [2.75, 3.05) is 38.8 Å². The third-order valence-electron chi connectivity index (χ3n) is 3.32. The van der Waals surface area contributed by atoms with Crippen molar-refractivity contribution in [1.82, 2.24) is 4.98 Å². The topological polar surface area (TPSA) is 58.4 Å². The van der Waals surface area contributed by atoms with E-state index in [4.69, 9.17) is 14.7 Å². The smallest absolute Gasteiger partial charge is 0.136 e. The van der Waals surface area contributed by atoms with Gasteiger partial charge in [-0.15, -0.1) is 0 Å². The van der Waals surface area contributed by atoms with Crippen molar-refractivity contribution in [2.24, 2.45) is 0 Å². The van der Waals surface area contributed by atoms with E-state index < -0.39 is 0 Å².